The van der Waals surface area contributed by atoms with Crippen molar-refractivity contribution in [3.05, 3.63) is 181 Å². The van der Waals surface area contributed by atoms with E-state index in [0.717, 1.165) is 0 Å². The standard InChI is InChI=1S/C52H38/c1-52(2,3)39-31-46(48-40-22-10-4-16-33(40)28-34-17-5-11-23-41(34)48)51(50-44-26-14-8-20-37(44)30-38-21-9-15-27-45(38)50)47(32-39)49-42-24-12-6-18-35(42)29-36-19-7-13-25-43(36)49/h4-32H,1-3H3. The van der Waals surface area contributed by atoms with E-state index in [2.05, 4.69) is 197 Å². The Kier molecular flexibility index (Phi) is 6.85. The van der Waals surface area contributed by atoms with Gasteiger partial charge in [-0.25, -0.2) is 0 Å². The van der Waals surface area contributed by atoms with Gasteiger partial charge in [0.2, 0.25) is 0 Å². The summed E-state index contributed by atoms with van der Waals surface area (Å²) in [5.74, 6) is 0. The van der Waals surface area contributed by atoms with Gasteiger partial charge in [0.25, 0.3) is 0 Å². The molecule has 10 aromatic carbocycles. The van der Waals surface area contributed by atoms with Crippen molar-refractivity contribution in [2.75, 3.05) is 0 Å². The van der Waals surface area contributed by atoms with Crippen molar-refractivity contribution in [3.63, 3.8) is 0 Å². The zero-order chi connectivity index (χ0) is 35.0. The predicted octanol–water partition coefficient (Wildman–Crippen LogP) is 14.9. The largest absolute Gasteiger partial charge is 0.0616 e. The lowest BCUT2D eigenvalue weighted by molar-refractivity contribution is 0.591. The Morgan fingerprint density at radius 3 is 0.788 bits per heavy atom. The smallest absolute Gasteiger partial charge is 0.00132 e. The van der Waals surface area contributed by atoms with E-state index < -0.39 is 0 Å². The van der Waals surface area contributed by atoms with E-state index in [1.165, 1.54) is 104 Å². The third kappa shape index (κ3) is 4.75. The number of rotatable bonds is 3. The fourth-order valence-electron chi connectivity index (χ4n) is 8.63. The van der Waals surface area contributed by atoms with Gasteiger partial charge in [-0.2, -0.15) is 0 Å². The summed E-state index contributed by atoms with van der Waals surface area (Å²) in [5, 5.41) is 15.1. The number of hydrogen-bond donors (Lipinski definition) is 0. The van der Waals surface area contributed by atoms with E-state index in [4.69, 9.17) is 0 Å². The van der Waals surface area contributed by atoms with E-state index in [1.807, 2.05) is 0 Å². The molecule has 52 heavy (non-hydrogen) atoms. The highest BCUT2D eigenvalue weighted by molar-refractivity contribution is 6.24. The summed E-state index contributed by atoms with van der Waals surface area (Å²) in [7, 11) is 0. The summed E-state index contributed by atoms with van der Waals surface area (Å²) < 4.78 is 0. The molecule has 0 N–H and O–H groups in total. The maximum atomic E-state index is 2.52. The zero-order valence-corrected chi connectivity index (χ0v) is 29.7. The predicted molar refractivity (Wildman–Crippen MR) is 226 cm³/mol. The van der Waals surface area contributed by atoms with Crippen LogP contribution in [0.3, 0.4) is 0 Å². The van der Waals surface area contributed by atoms with Gasteiger partial charge in [0.15, 0.2) is 0 Å². The fourth-order valence-corrected chi connectivity index (χ4v) is 8.63. The highest BCUT2D eigenvalue weighted by Crippen LogP contribution is 2.52. The van der Waals surface area contributed by atoms with Crippen molar-refractivity contribution in [1.29, 1.82) is 0 Å². The molecule has 0 aliphatic rings. The maximum absolute atomic E-state index is 2.52. The van der Waals surface area contributed by atoms with E-state index in [9.17, 15) is 0 Å². The highest BCUT2D eigenvalue weighted by atomic mass is 14.3. The minimum Gasteiger partial charge on any atom is -0.0616 e. The Morgan fingerprint density at radius 2 is 0.519 bits per heavy atom. The van der Waals surface area contributed by atoms with Gasteiger partial charge < -0.3 is 0 Å². The van der Waals surface area contributed by atoms with Gasteiger partial charge in [0.05, 0.1) is 0 Å². The van der Waals surface area contributed by atoms with Crippen molar-refractivity contribution >= 4 is 64.6 Å². The third-order valence-corrected chi connectivity index (χ3v) is 11.1. The molecule has 0 radical (unpaired) electrons. The van der Waals surface area contributed by atoms with Crippen molar-refractivity contribution in [3.8, 4) is 33.4 Å². The molecule has 0 spiro atoms. The first-order valence-corrected chi connectivity index (χ1v) is 18.4. The molecule has 0 amide bonds. The number of benzene rings is 10. The maximum Gasteiger partial charge on any atom is -0.00132 e. The minimum absolute atomic E-state index is 0.108. The van der Waals surface area contributed by atoms with Crippen LogP contribution in [-0.2, 0) is 5.41 Å². The van der Waals surface area contributed by atoms with E-state index in [-0.39, 0.29) is 5.41 Å². The van der Waals surface area contributed by atoms with Crippen LogP contribution in [0, 0.1) is 0 Å². The molecule has 0 fully saturated rings. The molecule has 0 saturated heterocycles. The third-order valence-electron chi connectivity index (χ3n) is 11.1. The Hall–Kier alpha value is -6.24. The summed E-state index contributed by atoms with van der Waals surface area (Å²) in [6.07, 6.45) is 0. The molecule has 0 nitrogen and oxygen atoms in total. The van der Waals surface area contributed by atoms with E-state index in [1.54, 1.807) is 0 Å². The lowest BCUT2D eigenvalue weighted by atomic mass is 9.75. The molecule has 0 aliphatic heterocycles. The zero-order valence-electron chi connectivity index (χ0n) is 29.7. The summed E-state index contributed by atoms with van der Waals surface area (Å²) in [6.45, 7) is 7.06. The van der Waals surface area contributed by atoms with Crippen LogP contribution in [0.1, 0.15) is 26.3 Å². The van der Waals surface area contributed by atoms with Crippen LogP contribution >= 0.6 is 0 Å². The molecule has 0 aromatic heterocycles. The molecule has 10 rings (SSSR count). The second-order valence-corrected chi connectivity index (χ2v) is 15.3. The van der Waals surface area contributed by atoms with Gasteiger partial charge in [-0.05, 0) is 139 Å². The molecule has 0 heteroatoms. The van der Waals surface area contributed by atoms with Gasteiger partial charge in [-0.15, -0.1) is 0 Å². The first kappa shape index (κ1) is 30.6. The van der Waals surface area contributed by atoms with Crippen molar-refractivity contribution < 1.29 is 0 Å². The van der Waals surface area contributed by atoms with Gasteiger partial charge in [-0.3, -0.25) is 0 Å². The van der Waals surface area contributed by atoms with Gasteiger partial charge >= 0.3 is 0 Å². The molecule has 0 bridgehead atoms. The van der Waals surface area contributed by atoms with Crippen molar-refractivity contribution in [2.24, 2.45) is 0 Å². The molecule has 10 aromatic rings. The Balaban J connectivity index is 1.54. The van der Waals surface area contributed by atoms with E-state index >= 15 is 0 Å². The van der Waals surface area contributed by atoms with Gasteiger partial charge in [0.1, 0.15) is 0 Å². The number of hydrogen-bond acceptors (Lipinski definition) is 0. The summed E-state index contributed by atoms with van der Waals surface area (Å²) in [6, 6.07) is 65.8. The van der Waals surface area contributed by atoms with Gasteiger partial charge in [-0.1, -0.05) is 166 Å². The molecular formula is C52H38. The molecule has 0 atom stereocenters. The average molecular weight is 663 g/mol. The van der Waals surface area contributed by atoms with Crippen LogP contribution in [0.5, 0.6) is 0 Å². The second kappa shape index (κ2) is 11.7. The van der Waals surface area contributed by atoms with Crippen LogP contribution in [0.2, 0.25) is 0 Å². The first-order chi connectivity index (χ1) is 25.4. The molecular weight excluding hydrogens is 625 g/mol. The normalized spacial score (nSPS) is 12.1. The first-order valence-electron chi connectivity index (χ1n) is 18.4. The van der Waals surface area contributed by atoms with Crippen LogP contribution in [0.25, 0.3) is 98.0 Å². The summed E-state index contributed by atoms with van der Waals surface area (Å²) in [5.41, 5.74) is 8.90. The number of fused-ring (bicyclic) bond motifs is 6. The monoisotopic (exact) mass is 662 g/mol. The van der Waals surface area contributed by atoms with Crippen LogP contribution in [-0.4, -0.2) is 0 Å². The molecule has 246 valence electrons. The SMILES string of the molecule is CC(C)(C)c1cc(-c2c3ccccc3cc3ccccc23)c(-c2c3ccccc3cc3ccccc23)c(-c2c3ccccc3cc3ccccc23)c1. The van der Waals surface area contributed by atoms with Crippen LogP contribution in [0.4, 0.5) is 0 Å². The molecule has 0 aliphatic carbocycles. The Labute approximate surface area is 304 Å². The minimum atomic E-state index is -0.108. The molecule has 0 saturated carbocycles. The summed E-state index contributed by atoms with van der Waals surface area (Å²) >= 11 is 0. The van der Waals surface area contributed by atoms with Crippen LogP contribution in [0.15, 0.2) is 176 Å². The van der Waals surface area contributed by atoms with E-state index in [0.29, 0.717) is 0 Å². The van der Waals surface area contributed by atoms with Gasteiger partial charge in [0, 0.05) is 0 Å². The Morgan fingerprint density at radius 1 is 0.269 bits per heavy atom. The topological polar surface area (TPSA) is 0 Å². The fraction of sp³-hybridized carbons (Fsp3) is 0.0769. The Bertz CT molecular complexity index is 2740. The average Bonchev–Trinajstić information content (AvgIpc) is 3.17. The second-order valence-electron chi connectivity index (χ2n) is 15.3. The quantitative estimate of drug-likeness (QED) is 0.165. The molecule has 0 heterocycles. The summed E-state index contributed by atoms with van der Waals surface area (Å²) in [4.78, 5) is 0. The lowest BCUT2D eigenvalue weighted by Gasteiger charge is -2.28. The van der Waals surface area contributed by atoms with Crippen molar-refractivity contribution in [1.82, 2.24) is 0 Å². The van der Waals surface area contributed by atoms with Crippen LogP contribution < -0.4 is 0 Å². The lowest BCUT2D eigenvalue weighted by Crippen LogP contribution is -2.12. The molecule has 0 unspecified atom stereocenters. The highest BCUT2D eigenvalue weighted by Gasteiger charge is 2.27. The van der Waals surface area contributed by atoms with Crippen molar-refractivity contribution in [2.45, 2.75) is 26.2 Å².